The van der Waals surface area contributed by atoms with Gasteiger partial charge in [0.1, 0.15) is 5.75 Å². The number of piperazine rings is 1. The fourth-order valence-corrected chi connectivity index (χ4v) is 4.04. The average molecular weight is 421 g/mol. The molecule has 0 unspecified atom stereocenters. The van der Waals surface area contributed by atoms with Crippen LogP contribution in [0.3, 0.4) is 0 Å². The van der Waals surface area contributed by atoms with Gasteiger partial charge in [-0.3, -0.25) is 9.59 Å². The first-order valence-corrected chi connectivity index (χ1v) is 10.9. The lowest BCUT2D eigenvalue weighted by atomic mass is 10.1. The Morgan fingerprint density at radius 1 is 0.968 bits per heavy atom. The highest BCUT2D eigenvalue weighted by molar-refractivity contribution is 6.04. The highest BCUT2D eigenvalue weighted by Gasteiger charge is 2.26. The van der Waals surface area contributed by atoms with Gasteiger partial charge in [-0.05, 0) is 36.8 Å². The highest BCUT2D eigenvalue weighted by atomic mass is 16.3. The van der Waals surface area contributed by atoms with E-state index in [1.54, 1.807) is 24.3 Å². The highest BCUT2D eigenvalue weighted by Crippen LogP contribution is 2.21. The second-order valence-electron chi connectivity index (χ2n) is 7.93. The number of aryl methyl sites for hydroxylation is 1. The van der Waals surface area contributed by atoms with Gasteiger partial charge in [0.15, 0.2) is 5.69 Å². The van der Waals surface area contributed by atoms with Crippen molar-refractivity contribution in [2.24, 2.45) is 0 Å². The molecular weight excluding hydrogens is 392 g/mol. The number of benzene rings is 2. The molecule has 0 aliphatic carbocycles. The SMILES string of the molecule is CCCCCn1nc(C(=O)N2CCN(c3ccc(O)cc3)CC2)c2ccccc2c1=O. The maximum Gasteiger partial charge on any atom is 0.275 e. The number of amides is 1. The minimum atomic E-state index is -0.139. The number of hydrogen-bond donors (Lipinski definition) is 1. The van der Waals surface area contributed by atoms with Crippen molar-refractivity contribution in [2.45, 2.75) is 32.7 Å². The number of hydrogen-bond acceptors (Lipinski definition) is 5. The lowest BCUT2D eigenvalue weighted by Crippen LogP contribution is -2.49. The van der Waals surface area contributed by atoms with E-state index in [9.17, 15) is 14.7 Å². The molecule has 0 atom stereocenters. The zero-order chi connectivity index (χ0) is 21.8. The molecule has 1 aliphatic rings. The fourth-order valence-electron chi connectivity index (χ4n) is 4.04. The van der Waals surface area contributed by atoms with Crippen molar-refractivity contribution in [2.75, 3.05) is 31.1 Å². The molecule has 0 spiro atoms. The van der Waals surface area contributed by atoms with Gasteiger partial charge in [0.25, 0.3) is 11.5 Å². The monoisotopic (exact) mass is 420 g/mol. The van der Waals surface area contributed by atoms with Gasteiger partial charge in [-0.1, -0.05) is 38.0 Å². The summed E-state index contributed by atoms with van der Waals surface area (Å²) >= 11 is 0. The zero-order valence-corrected chi connectivity index (χ0v) is 17.8. The molecule has 1 aromatic heterocycles. The molecule has 0 radical (unpaired) electrons. The minimum Gasteiger partial charge on any atom is -0.508 e. The van der Waals surface area contributed by atoms with Crippen molar-refractivity contribution >= 4 is 22.4 Å². The van der Waals surface area contributed by atoms with E-state index >= 15 is 0 Å². The number of phenolic OH excluding ortho intramolecular Hbond substituents is 1. The van der Waals surface area contributed by atoms with Crippen molar-refractivity contribution in [3.8, 4) is 5.75 Å². The lowest BCUT2D eigenvalue weighted by Gasteiger charge is -2.36. The molecular formula is C24H28N4O3. The van der Waals surface area contributed by atoms with Crippen LogP contribution in [0.4, 0.5) is 5.69 Å². The second kappa shape index (κ2) is 9.20. The van der Waals surface area contributed by atoms with E-state index in [4.69, 9.17) is 0 Å². The molecule has 7 nitrogen and oxygen atoms in total. The number of aromatic hydroxyl groups is 1. The zero-order valence-electron chi connectivity index (χ0n) is 17.8. The minimum absolute atomic E-state index is 0.134. The summed E-state index contributed by atoms with van der Waals surface area (Å²) in [5.41, 5.74) is 1.24. The molecule has 2 heterocycles. The van der Waals surface area contributed by atoms with Crippen LogP contribution in [0.15, 0.2) is 53.3 Å². The van der Waals surface area contributed by atoms with Crippen LogP contribution in [0.1, 0.15) is 36.7 Å². The van der Waals surface area contributed by atoms with Crippen molar-refractivity contribution in [3.05, 3.63) is 64.6 Å². The van der Waals surface area contributed by atoms with E-state index < -0.39 is 0 Å². The van der Waals surface area contributed by atoms with Gasteiger partial charge < -0.3 is 14.9 Å². The van der Waals surface area contributed by atoms with Gasteiger partial charge in [0.2, 0.25) is 0 Å². The van der Waals surface area contributed by atoms with Crippen molar-refractivity contribution in [3.63, 3.8) is 0 Å². The maximum atomic E-state index is 13.4. The van der Waals surface area contributed by atoms with Crippen LogP contribution < -0.4 is 10.5 Å². The Bertz CT molecular complexity index is 1120. The van der Waals surface area contributed by atoms with Crippen LogP contribution in [0.5, 0.6) is 5.75 Å². The first kappa shape index (κ1) is 20.9. The van der Waals surface area contributed by atoms with E-state index in [1.807, 2.05) is 29.2 Å². The molecule has 7 heteroatoms. The maximum absolute atomic E-state index is 13.4. The standard InChI is InChI=1S/C24H28N4O3/c1-2-3-6-13-28-23(30)21-8-5-4-7-20(21)22(25-28)24(31)27-16-14-26(15-17-27)18-9-11-19(29)12-10-18/h4-5,7-12,29H,2-3,6,13-17H2,1H3. The van der Waals surface area contributed by atoms with Gasteiger partial charge in [-0.15, -0.1) is 0 Å². The van der Waals surface area contributed by atoms with Gasteiger partial charge in [-0.25, -0.2) is 4.68 Å². The number of phenols is 1. The number of unbranched alkanes of at least 4 members (excludes halogenated alkanes) is 2. The Labute approximate surface area is 181 Å². The van der Waals surface area contributed by atoms with E-state index in [0.717, 1.165) is 24.9 Å². The predicted molar refractivity (Wildman–Crippen MR) is 122 cm³/mol. The van der Waals surface area contributed by atoms with Gasteiger partial charge in [0, 0.05) is 43.8 Å². The van der Waals surface area contributed by atoms with Gasteiger partial charge in [-0.2, -0.15) is 5.10 Å². The molecule has 1 amide bonds. The van der Waals surface area contributed by atoms with E-state index in [-0.39, 0.29) is 17.2 Å². The summed E-state index contributed by atoms with van der Waals surface area (Å²) in [5, 5.41) is 15.2. The van der Waals surface area contributed by atoms with E-state index in [0.29, 0.717) is 49.2 Å². The van der Waals surface area contributed by atoms with Crippen molar-refractivity contribution < 1.29 is 9.90 Å². The van der Waals surface area contributed by atoms with Crippen LogP contribution in [0.25, 0.3) is 10.8 Å². The molecule has 4 rings (SSSR count). The summed E-state index contributed by atoms with van der Waals surface area (Å²) < 4.78 is 1.46. The summed E-state index contributed by atoms with van der Waals surface area (Å²) in [5.74, 6) is 0.107. The molecule has 1 aliphatic heterocycles. The molecule has 1 fully saturated rings. The molecule has 1 saturated heterocycles. The summed E-state index contributed by atoms with van der Waals surface area (Å²) in [7, 11) is 0. The molecule has 2 aromatic carbocycles. The van der Waals surface area contributed by atoms with Crippen LogP contribution in [0.2, 0.25) is 0 Å². The van der Waals surface area contributed by atoms with E-state index in [2.05, 4.69) is 16.9 Å². The quantitative estimate of drug-likeness (QED) is 0.620. The Hall–Kier alpha value is -3.35. The van der Waals surface area contributed by atoms with Gasteiger partial charge >= 0.3 is 0 Å². The topological polar surface area (TPSA) is 78.7 Å². The average Bonchev–Trinajstić information content (AvgIpc) is 2.81. The molecule has 3 aromatic rings. The van der Waals surface area contributed by atoms with Gasteiger partial charge in [0.05, 0.1) is 5.39 Å². The third-order valence-corrected chi connectivity index (χ3v) is 5.83. The molecule has 0 bridgehead atoms. The Morgan fingerprint density at radius 3 is 2.32 bits per heavy atom. The van der Waals surface area contributed by atoms with Crippen molar-refractivity contribution in [1.82, 2.24) is 14.7 Å². The van der Waals surface area contributed by atoms with Crippen LogP contribution in [-0.2, 0) is 6.54 Å². The number of anilines is 1. The first-order valence-electron chi connectivity index (χ1n) is 10.9. The molecule has 31 heavy (non-hydrogen) atoms. The van der Waals surface area contributed by atoms with Crippen LogP contribution in [0, 0.1) is 0 Å². The normalized spacial score (nSPS) is 14.2. The summed E-state index contributed by atoms with van der Waals surface area (Å²) in [6.07, 6.45) is 2.93. The summed E-state index contributed by atoms with van der Waals surface area (Å²) in [6.45, 7) is 5.18. The number of rotatable bonds is 6. The number of fused-ring (bicyclic) bond motifs is 1. The largest absolute Gasteiger partial charge is 0.508 e. The molecule has 0 saturated carbocycles. The third kappa shape index (κ3) is 4.40. The predicted octanol–water partition coefficient (Wildman–Crippen LogP) is 3.25. The van der Waals surface area contributed by atoms with Crippen LogP contribution in [-0.4, -0.2) is 51.9 Å². The summed E-state index contributed by atoms with van der Waals surface area (Å²) in [4.78, 5) is 30.2. The number of carbonyl (C=O) groups is 1. The third-order valence-electron chi connectivity index (χ3n) is 5.83. The first-order chi connectivity index (χ1) is 15.1. The van der Waals surface area contributed by atoms with Crippen molar-refractivity contribution in [1.29, 1.82) is 0 Å². The van der Waals surface area contributed by atoms with E-state index in [1.165, 1.54) is 4.68 Å². The lowest BCUT2D eigenvalue weighted by molar-refractivity contribution is 0.0740. The Kier molecular flexibility index (Phi) is 6.21. The Balaban J connectivity index is 1.56. The number of carbonyl (C=O) groups excluding carboxylic acids is 1. The number of nitrogens with zero attached hydrogens (tertiary/aromatic N) is 4. The van der Waals surface area contributed by atoms with Crippen LogP contribution >= 0.6 is 0 Å². The number of aromatic nitrogens is 2. The smallest absolute Gasteiger partial charge is 0.275 e. The molecule has 1 N–H and O–H groups in total. The second-order valence-corrected chi connectivity index (χ2v) is 7.93. The Morgan fingerprint density at radius 2 is 1.65 bits per heavy atom. The summed E-state index contributed by atoms with van der Waals surface area (Å²) in [6, 6.07) is 14.3. The molecule has 162 valence electrons. The fraction of sp³-hybridized carbons (Fsp3) is 0.375.